The molecule has 0 aromatic carbocycles. The molecule has 1 unspecified atom stereocenters. The van der Waals surface area contributed by atoms with E-state index in [0.717, 1.165) is 31.8 Å². The molecule has 4 heteroatoms. The van der Waals surface area contributed by atoms with Crippen molar-refractivity contribution in [3.05, 3.63) is 23.7 Å². The third-order valence-corrected chi connectivity index (χ3v) is 3.92. The SMILES string of the molecule is CCCNCc1occc1CN1CCC(N(C)C)C1. The molecule has 2 heterocycles. The molecule has 0 aliphatic carbocycles. The molecule has 4 nitrogen and oxygen atoms in total. The predicted octanol–water partition coefficient (Wildman–Crippen LogP) is 1.92. The van der Waals surface area contributed by atoms with Crippen LogP contribution in [-0.2, 0) is 13.1 Å². The smallest absolute Gasteiger partial charge is 0.122 e. The third kappa shape index (κ3) is 4.06. The van der Waals surface area contributed by atoms with Gasteiger partial charge in [0.05, 0.1) is 12.8 Å². The van der Waals surface area contributed by atoms with Crippen LogP contribution in [0.3, 0.4) is 0 Å². The van der Waals surface area contributed by atoms with Gasteiger partial charge in [0.2, 0.25) is 0 Å². The summed E-state index contributed by atoms with van der Waals surface area (Å²) in [6.45, 7) is 7.45. The first-order valence-corrected chi connectivity index (χ1v) is 7.35. The van der Waals surface area contributed by atoms with E-state index in [-0.39, 0.29) is 0 Å². The van der Waals surface area contributed by atoms with Gasteiger partial charge in [0.25, 0.3) is 0 Å². The first-order chi connectivity index (χ1) is 9.20. The van der Waals surface area contributed by atoms with Crippen molar-refractivity contribution in [1.82, 2.24) is 15.1 Å². The van der Waals surface area contributed by atoms with E-state index in [1.165, 1.54) is 25.1 Å². The maximum absolute atomic E-state index is 5.60. The Labute approximate surface area is 116 Å². The summed E-state index contributed by atoms with van der Waals surface area (Å²) < 4.78 is 5.60. The standard InChI is InChI=1S/C15H27N3O/c1-4-7-16-10-15-13(6-9-19-15)11-18-8-5-14(12-18)17(2)3/h6,9,14,16H,4-5,7-8,10-12H2,1-3H3. The van der Waals surface area contributed by atoms with Crippen LogP contribution in [0.5, 0.6) is 0 Å². The lowest BCUT2D eigenvalue weighted by Crippen LogP contribution is -2.31. The van der Waals surface area contributed by atoms with Crippen molar-refractivity contribution in [3.63, 3.8) is 0 Å². The fourth-order valence-electron chi connectivity index (χ4n) is 2.66. The Morgan fingerprint density at radius 3 is 3.00 bits per heavy atom. The lowest BCUT2D eigenvalue weighted by molar-refractivity contribution is 0.263. The van der Waals surface area contributed by atoms with E-state index in [1.54, 1.807) is 0 Å². The van der Waals surface area contributed by atoms with Crippen LogP contribution in [0.2, 0.25) is 0 Å². The highest BCUT2D eigenvalue weighted by Crippen LogP contribution is 2.19. The molecule has 1 aliphatic rings. The first kappa shape index (κ1) is 14.6. The summed E-state index contributed by atoms with van der Waals surface area (Å²) in [7, 11) is 4.35. The second-order valence-electron chi connectivity index (χ2n) is 5.69. The summed E-state index contributed by atoms with van der Waals surface area (Å²) in [4.78, 5) is 4.86. The van der Waals surface area contributed by atoms with Gasteiger partial charge in [0, 0.05) is 31.2 Å². The lowest BCUT2D eigenvalue weighted by atomic mass is 10.2. The van der Waals surface area contributed by atoms with E-state index in [2.05, 4.69) is 42.2 Å². The van der Waals surface area contributed by atoms with Crippen molar-refractivity contribution in [2.75, 3.05) is 33.7 Å². The Balaban J connectivity index is 1.84. The molecular formula is C15H27N3O. The Morgan fingerprint density at radius 1 is 1.47 bits per heavy atom. The van der Waals surface area contributed by atoms with Crippen LogP contribution in [-0.4, -0.2) is 49.6 Å². The summed E-state index contributed by atoms with van der Waals surface area (Å²) in [5.74, 6) is 1.10. The Bertz CT molecular complexity index is 375. The van der Waals surface area contributed by atoms with E-state index in [1.807, 2.05) is 6.26 Å². The number of hydrogen-bond donors (Lipinski definition) is 1. The summed E-state index contributed by atoms with van der Waals surface area (Å²) in [6, 6.07) is 2.82. The van der Waals surface area contributed by atoms with Crippen LogP contribution in [0.1, 0.15) is 31.1 Å². The van der Waals surface area contributed by atoms with Crippen LogP contribution in [0, 0.1) is 0 Å². The van der Waals surface area contributed by atoms with Crippen LogP contribution in [0.15, 0.2) is 16.7 Å². The Hall–Kier alpha value is -0.840. The minimum Gasteiger partial charge on any atom is -0.468 e. The Kier molecular flexibility index (Phi) is 5.43. The Morgan fingerprint density at radius 2 is 2.32 bits per heavy atom. The average Bonchev–Trinajstić information content (AvgIpc) is 3.00. The van der Waals surface area contributed by atoms with Crippen molar-refractivity contribution < 1.29 is 4.42 Å². The van der Waals surface area contributed by atoms with Gasteiger partial charge in [0.15, 0.2) is 0 Å². The van der Waals surface area contributed by atoms with Crippen LogP contribution in [0.4, 0.5) is 0 Å². The van der Waals surface area contributed by atoms with Crippen LogP contribution >= 0.6 is 0 Å². The van der Waals surface area contributed by atoms with Crippen molar-refractivity contribution in [2.24, 2.45) is 0 Å². The number of furan rings is 1. The number of likely N-dealkylation sites (N-methyl/N-ethyl adjacent to an activating group) is 1. The molecule has 2 rings (SSSR count). The molecular weight excluding hydrogens is 238 g/mol. The van der Waals surface area contributed by atoms with Gasteiger partial charge >= 0.3 is 0 Å². The molecule has 19 heavy (non-hydrogen) atoms. The molecule has 0 radical (unpaired) electrons. The van der Waals surface area contributed by atoms with Gasteiger partial charge in [0.1, 0.15) is 5.76 Å². The summed E-state index contributed by atoms with van der Waals surface area (Å²) in [6.07, 6.45) is 4.25. The fourth-order valence-corrected chi connectivity index (χ4v) is 2.66. The highest BCUT2D eigenvalue weighted by Gasteiger charge is 2.24. The number of nitrogens with zero attached hydrogens (tertiary/aromatic N) is 2. The van der Waals surface area contributed by atoms with E-state index in [0.29, 0.717) is 6.04 Å². The molecule has 1 aromatic heterocycles. The molecule has 1 aromatic rings. The number of nitrogens with one attached hydrogen (secondary N) is 1. The van der Waals surface area contributed by atoms with Crippen LogP contribution < -0.4 is 5.32 Å². The average molecular weight is 265 g/mol. The van der Waals surface area contributed by atoms with Gasteiger partial charge in [-0.25, -0.2) is 0 Å². The lowest BCUT2D eigenvalue weighted by Gasteiger charge is -2.20. The molecule has 1 atom stereocenters. The van der Waals surface area contributed by atoms with E-state index < -0.39 is 0 Å². The molecule has 1 saturated heterocycles. The minimum absolute atomic E-state index is 0.702. The van der Waals surface area contributed by atoms with Gasteiger partial charge < -0.3 is 14.6 Å². The minimum atomic E-state index is 0.702. The molecule has 0 bridgehead atoms. The van der Waals surface area contributed by atoms with Crippen molar-refractivity contribution in [3.8, 4) is 0 Å². The third-order valence-electron chi connectivity index (χ3n) is 3.92. The summed E-state index contributed by atoms with van der Waals surface area (Å²) >= 11 is 0. The molecule has 0 saturated carbocycles. The number of hydrogen-bond acceptors (Lipinski definition) is 4. The van der Waals surface area contributed by atoms with Gasteiger partial charge in [-0.2, -0.15) is 0 Å². The van der Waals surface area contributed by atoms with Gasteiger partial charge in [-0.1, -0.05) is 6.92 Å². The zero-order chi connectivity index (χ0) is 13.7. The maximum Gasteiger partial charge on any atom is 0.122 e. The number of rotatable bonds is 7. The predicted molar refractivity (Wildman–Crippen MR) is 78.1 cm³/mol. The van der Waals surface area contributed by atoms with E-state index in [9.17, 15) is 0 Å². The fraction of sp³-hybridized carbons (Fsp3) is 0.733. The topological polar surface area (TPSA) is 31.7 Å². The van der Waals surface area contributed by atoms with Gasteiger partial charge in [-0.15, -0.1) is 0 Å². The quantitative estimate of drug-likeness (QED) is 0.763. The number of likely N-dealkylation sites (tertiary alicyclic amines) is 1. The summed E-state index contributed by atoms with van der Waals surface area (Å²) in [5.41, 5.74) is 1.34. The second kappa shape index (κ2) is 7.08. The van der Waals surface area contributed by atoms with Crippen molar-refractivity contribution in [1.29, 1.82) is 0 Å². The van der Waals surface area contributed by atoms with Gasteiger partial charge in [-0.05, 0) is 39.5 Å². The van der Waals surface area contributed by atoms with E-state index in [4.69, 9.17) is 4.42 Å². The van der Waals surface area contributed by atoms with E-state index >= 15 is 0 Å². The van der Waals surface area contributed by atoms with Crippen molar-refractivity contribution in [2.45, 2.75) is 38.9 Å². The van der Waals surface area contributed by atoms with Crippen molar-refractivity contribution >= 4 is 0 Å². The summed E-state index contributed by atoms with van der Waals surface area (Å²) in [5, 5.41) is 3.41. The second-order valence-corrected chi connectivity index (χ2v) is 5.69. The van der Waals surface area contributed by atoms with Crippen LogP contribution in [0.25, 0.3) is 0 Å². The zero-order valence-corrected chi connectivity index (χ0v) is 12.5. The molecule has 1 N–H and O–H groups in total. The normalized spacial score (nSPS) is 20.5. The zero-order valence-electron chi connectivity index (χ0n) is 12.5. The molecule has 1 aliphatic heterocycles. The molecule has 108 valence electrons. The highest BCUT2D eigenvalue weighted by molar-refractivity contribution is 5.17. The molecule has 0 amide bonds. The van der Waals surface area contributed by atoms with Gasteiger partial charge in [-0.3, -0.25) is 4.90 Å². The first-order valence-electron chi connectivity index (χ1n) is 7.35. The monoisotopic (exact) mass is 265 g/mol. The largest absolute Gasteiger partial charge is 0.468 e. The maximum atomic E-state index is 5.60. The highest BCUT2D eigenvalue weighted by atomic mass is 16.3. The molecule has 0 spiro atoms. The molecule has 1 fully saturated rings.